The van der Waals surface area contributed by atoms with Crippen LogP contribution in [-0.4, -0.2) is 22.1 Å². The second-order valence-electron chi connectivity index (χ2n) is 7.78. The van der Waals surface area contributed by atoms with Crippen molar-refractivity contribution < 1.29 is 9.90 Å². The van der Waals surface area contributed by atoms with Crippen LogP contribution in [0.3, 0.4) is 0 Å². The van der Waals surface area contributed by atoms with Crippen molar-refractivity contribution in [3.8, 4) is 11.8 Å². The molecule has 0 radical (unpaired) electrons. The lowest BCUT2D eigenvalue weighted by molar-refractivity contribution is 0.0697. The zero-order valence-electron chi connectivity index (χ0n) is 16.0. The fraction of sp³-hybridized carbons (Fsp3) is 0.304. The molecule has 0 bridgehead atoms. The van der Waals surface area contributed by atoms with E-state index in [4.69, 9.17) is 17.3 Å². The van der Waals surface area contributed by atoms with E-state index in [0.29, 0.717) is 6.04 Å². The van der Waals surface area contributed by atoms with Crippen LogP contribution in [0.1, 0.15) is 61.2 Å². The molecule has 1 aliphatic rings. The number of fused-ring (bicyclic) bond motifs is 1. The van der Waals surface area contributed by atoms with Gasteiger partial charge in [0.15, 0.2) is 0 Å². The molecular weight excluding hydrogens is 354 g/mol. The minimum atomic E-state index is -0.934. The predicted molar refractivity (Wildman–Crippen MR) is 114 cm³/mol. The molecule has 27 heavy (non-hydrogen) atoms. The maximum absolute atomic E-state index is 10.9. The third-order valence-electron chi connectivity index (χ3n) is 4.85. The highest BCUT2D eigenvalue weighted by Crippen LogP contribution is 2.41. The summed E-state index contributed by atoms with van der Waals surface area (Å²) in [4.78, 5) is 14.1. The third kappa shape index (κ3) is 3.89. The van der Waals surface area contributed by atoms with E-state index in [-0.39, 0.29) is 11.0 Å². The minimum Gasteiger partial charge on any atom is -0.478 e. The van der Waals surface area contributed by atoms with Gasteiger partial charge in [-0.1, -0.05) is 44.0 Å². The first-order valence-electron chi connectivity index (χ1n) is 9.01. The molecule has 0 atom stereocenters. The van der Waals surface area contributed by atoms with E-state index in [9.17, 15) is 4.79 Å². The van der Waals surface area contributed by atoms with Crippen molar-refractivity contribution in [2.45, 2.75) is 45.6 Å². The Morgan fingerprint density at radius 3 is 2.30 bits per heavy atom. The molecule has 1 N–H and O–H groups in total. The molecule has 0 amide bonds. The maximum atomic E-state index is 10.9. The number of carboxylic acids is 1. The van der Waals surface area contributed by atoms with Crippen LogP contribution >= 0.6 is 12.2 Å². The Balaban J connectivity index is 1.98. The van der Waals surface area contributed by atoms with Gasteiger partial charge in [-0.3, -0.25) is 0 Å². The fourth-order valence-electron chi connectivity index (χ4n) is 3.48. The van der Waals surface area contributed by atoms with Gasteiger partial charge in [0.05, 0.1) is 10.6 Å². The van der Waals surface area contributed by atoms with Crippen molar-refractivity contribution >= 4 is 28.9 Å². The van der Waals surface area contributed by atoms with Crippen molar-refractivity contribution in [1.29, 1.82) is 0 Å². The number of carboxylic acid groups (broad SMARTS) is 1. The Hall–Kier alpha value is -2.64. The second kappa shape index (κ2) is 7.17. The molecule has 1 aliphatic heterocycles. The molecule has 1 heterocycles. The molecule has 4 heteroatoms. The first kappa shape index (κ1) is 19.1. The molecular formula is C23H23NO2S. The molecule has 0 unspecified atom stereocenters. The summed E-state index contributed by atoms with van der Waals surface area (Å²) in [6, 6.07) is 13.2. The lowest BCUT2D eigenvalue weighted by Gasteiger charge is -2.42. The molecule has 2 aromatic rings. The van der Waals surface area contributed by atoms with Crippen LogP contribution in [0.2, 0.25) is 0 Å². The summed E-state index contributed by atoms with van der Waals surface area (Å²) in [7, 11) is 0. The van der Waals surface area contributed by atoms with Crippen molar-refractivity contribution in [3.05, 3.63) is 64.7 Å². The van der Waals surface area contributed by atoms with Gasteiger partial charge in [0.25, 0.3) is 0 Å². The van der Waals surface area contributed by atoms with Crippen LogP contribution in [0.25, 0.3) is 0 Å². The molecule has 0 fully saturated rings. The summed E-state index contributed by atoms with van der Waals surface area (Å²) >= 11 is 5.69. The summed E-state index contributed by atoms with van der Waals surface area (Å²) in [6.07, 6.45) is 0.870. The van der Waals surface area contributed by atoms with Crippen LogP contribution in [0.4, 0.5) is 5.69 Å². The lowest BCUT2D eigenvalue weighted by Crippen LogP contribution is -2.44. The van der Waals surface area contributed by atoms with Crippen LogP contribution < -0.4 is 4.90 Å². The van der Waals surface area contributed by atoms with Crippen molar-refractivity contribution in [2.24, 2.45) is 0 Å². The number of hydrogen-bond acceptors (Lipinski definition) is 2. The minimum absolute atomic E-state index is 0.0103. The number of rotatable bonds is 2. The van der Waals surface area contributed by atoms with E-state index in [1.807, 2.05) is 6.07 Å². The average molecular weight is 378 g/mol. The van der Waals surface area contributed by atoms with E-state index in [2.05, 4.69) is 56.6 Å². The number of nitrogens with zero attached hydrogens (tertiary/aromatic N) is 1. The Morgan fingerprint density at radius 2 is 1.70 bits per heavy atom. The second-order valence-corrected chi connectivity index (χ2v) is 8.25. The van der Waals surface area contributed by atoms with Gasteiger partial charge >= 0.3 is 5.97 Å². The van der Waals surface area contributed by atoms with Gasteiger partial charge in [0, 0.05) is 29.3 Å². The Labute approximate surface area is 166 Å². The average Bonchev–Trinajstić information content (AvgIpc) is 2.59. The van der Waals surface area contributed by atoms with Crippen molar-refractivity contribution in [3.63, 3.8) is 0 Å². The van der Waals surface area contributed by atoms with Crippen LogP contribution in [0, 0.1) is 11.8 Å². The largest absolute Gasteiger partial charge is 0.478 e. The Kier molecular flexibility index (Phi) is 5.08. The Bertz CT molecular complexity index is 962. The van der Waals surface area contributed by atoms with Gasteiger partial charge in [-0.25, -0.2) is 4.79 Å². The Morgan fingerprint density at radius 1 is 1.11 bits per heavy atom. The van der Waals surface area contributed by atoms with Gasteiger partial charge in [0.2, 0.25) is 0 Å². The van der Waals surface area contributed by atoms with Crippen LogP contribution in [0.5, 0.6) is 0 Å². The van der Waals surface area contributed by atoms with Crippen molar-refractivity contribution in [1.82, 2.24) is 0 Å². The third-order valence-corrected chi connectivity index (χ3v) is 5.19. The maximum Gasteiger partial charge on any atom is 0.335 e. The zero-order chi connectivity index (χ0) is 19.8. The van der Waals surface area contributed by atoms with Crippen molar-refractivity contribution in [2.75, 3.05) is 4.90 Å². The van der Waals surface area contributed by atoms with Gasteiger partial charge in [-0.05, 0) is 61.2 Å². The smallest absolute Gasteiger partial charge is 0.335 e. The van der Waals surface area contributed by atoms with Gasteiger partial charge in [-0.15, -0.1) is 0 Å². The number of aromatic carboxylic acids is 1. The van der Waals surface area contributed by atoms with E-state index >= 15 is 0 Å². The lowest BCUT2D eigenvalue weighted by atomic mass is 9.77. The van der Waals surface area contributed by atoms with E-state index in [0.717, 1.165) is 28.2 Å². The summed E-state index contributed by atoms with van der Waals surface area (Å²) in [5, 5.41) is 8.98. The highest BCUT2D eigenvalue weighted by atomic mass is 32.1. The van der Waals surface area contributed by atoms with Gasteiger partial charge in [0.1, 0.15) is 0 Å². The first-order valence-corrected chi connectivity index (χ1v) is 9.42. The molecule has 0 saturated heterocycles. The molecule has 3 nitrogen and oxygen atoms in total. The van der Waals surface area contributed by atoms with E-state index in [1.165, 1.54) is 5.56 Å². The number of benzene rings is 2. The first-order chi connectivity index (χ1) is 12.7. The van der Waals surface area contributed by atoms with Gasteiger partial charge in [-0.2, -0.15) is 0 Å². The number of carbonyl (C=O) groups is 1. The standard InChI is InChI=1S/C23H23NO2S/c1-15(2)24-20-13-17(9-12-19(20)23(3,4)14-21(24)27)6-5-16-7-10-18(11-8-16)22(25)26/h7-13,15H,14H2,1-4H3,(H,25,26). The van der Waals surface area contributed by atoms with E-state index < -0.39 is 5.97 Å². The predicted octanol–water partition coefficient (Wildman–Crippen LogP) is 5.01. The molecule has 0 spiro atoms. The number of anilines is 1. The monoisotopic (exact) mass is 377 g/mol. The molecule has 2 aromatic carbocycles. The van der Waals surface area contributed by atoms with Gasteiger partial charge < -0.3 is 10.0 Å². The highest BCUT2D eigenvalue weighted by molar-refractivity contribution is 7.80. The zero-order valence-corrected chi connectivity index (χ0v) is 16.9. The van der Waals surface area contributed by atoms with Crippen LogP contribution in [-0.2, 0) is 5.41 Å². The topological polar surface area (TPSA) is 40.5 Å². The molecule has 0 saturated carbocycles. The molecule has 3 rings (SSSR count). The quantitative estimate of drug-likeness (QED) is 0.590. The summed E-state index contributed by atoms with van der Waals surface area (Å²) in [6.45, 7) is 8.75. The summed E-state index contributed by atoms with van der Waals surface area (Å²) in [5.74, 6) is 5.38. The SMILES string of the molecule is CC(C)N1C(=S)CC(C)(C)c2ccc(C#Cc3ccc(C(=O)O)cc3)cc21. The molecule has 0 aromatic heterocycles. The van der Waals surface area contributed by atoms with E-state index in [1.54, 1.807) is 24.3 Å². The number of hydrogen-bond donors (Lipinski definition) is 1. The highest BCUT2D eigenvalue weighted by Gasteiger charge is 2.35. The van der Waals surface area contributed by atoms with Crippen LogP contribution in [0.15, 0.2) is 42.5 Å². The number of thiocarbonyl (C=S) groups is 1. The molecule has 138 valence electrons. The molecule has 0 aliphatic carbocycles. The fourth-order valence-corrected chi connectivity index (χ4v) is 4.15. The normalized spacial score (nSPS) is 15.1. The summed E-state index contributed by atoms with van der Waals surface area (Å²) in [5.41, 5.74) is 4.41. The summed E-state index contributed by atoms with van der Waals surface area (Å²) < 4.78 is 0.